The molecule has 0 aromatic carbocycles. The first-order valence-corrected chi connectivity index (χ1v) is 4.41. The SMILES string of the molecule is C=CCOCC1CCC(CN)O1. The molecule has 12 heavy (non-hydrogen) atoms. The van der Waals surface area contributed by atoms with E-state index < -0.39 is 0 Å². The number of ether oxygens (including phenoxy) is 2. The molecule has 0 radical (unpaired) electrons. The molecule has 0 amide bonds. The molecule has 2 N–H and O–H groups in total. The topological polar surface area (TPSA) is 44.5 Å². The van der Waals surface area contributed by atoms with Crippen LogP contribution in [0.2, 0.25) is 0 Å². The monoisotopic (exact) mass is 171 g/mol. The first kappa shape index (κ1) is 9.71. The predicted molar refractivity (Wildman–Crippen MR) is 48.0 cm³/mol. The van der Waals surface area contributed by atoms with Crippen LogP contribution in [0, 0.1) is 0 Å². The second-order valence-electron chi connectivity index (χ2n) is 3.02. The van der Waals surface area contributed by atoms with E-state index >= 15 is 0 Å². The van der Waals surface area contributed by atoms with Gasteiger partial charge in [0.2, 0.25) is 0 Å². The molecule has 0 aromatic heterocycles. The summed E-state index contributed by atoms with van der Waals surface area (Å²) in [7, 11) is 0. The summed E-state index contributed by atoms with van der Waals surface area (Å²) in [6.45, 7) is 5.47. The van der Waals surface area contributed by atoms with E-state index in [1.54, 1.807) is 6.08 Å². The molecule has 2 atom stereocenters. The van der Waals surface area contributed by atoms with Gasteiger partial charge in [0.25, 0.3) is 0 Å². The van der Waals surface area contributed by atoms with E-state index in [-0.39, 0.29) is 12.2 Å². The third-order valence-corrected chi connectivity index (χ3v) is 2.00. The highest BCUT2D eigenvalue weighted by molar-refractivity contribution is 4.74. The molecule has 1 aliphatic rings. The van der Waals surface area contributed by atoms with Gasteiger partial charge < -0.3 is 15.2 Å². The molecular formula is C9H17NO2. The van der Waals surface area contributed by atoms with E-state index in [2.05, 4.69) is 6.58 Å². The molecule has 0 saturated carbocycles. The maximum Gasteiger partial charge on any atom is 0.0814 e. The zero-order valence-electron chi connectivity index (χ0n) is 7.37. The van der Waals surface area contributed by atoms with Crippen LogP contribution in [0.5, 0.6) is 0 Å². The average Bonchev–Trinajstić information content (AvgIpc) is 2.53. The summed E-state index contributed by atoms with van der Waals surface area (Å²) in [6, 6.07) is 0. The molecular weight excluding hydrogens is 154 g/mol. The van der Waals surface area contributed by atoms with Gasteiger partial charge in [-0.3, -0.25) is 0 Å². The molecule has 0 aliphatic carbocycles. The molecule has 1 aliphatic heterocycles. The van der Waals surface area contributed by atoms with E-state index in [9.17, 15) is 0 Å². The van der Waals surface area contributed by atoms with E-state index in [1.165, 1.54) is 0 Å². The van der Waals surface area contributed by atoms with Crippen molar-refractivity contribution in [1.29, 1.82) is 0 Å². The third-order valence-electron chi connectivity index (χ3n) is 2.00. The van der Waals surface area contributed by atoms with Crippen LogP contribution in [0.15, 0.2) is 12.7 Å². The fourth-order valence-electron chi connectivity index (χ4n) is 1.36. The van der Waals surface area contributed by atoms with Gasteiger partial charge in [-0.15, -0.1) is 6.58 Å². The first-order chi connectivity index (χ1) is 5.86. The summed E-state index contributed by atoms with van der Waals surface area (Å²) in [5.41, 5.74) is 5.47. The molecule has 3 nitrogen and oxygen atoms in total. The Hall–Kier alpha value is -0.380. The number of hydrogen-bond donors (Lipinski definition) is 1. The molecule has 1 saturated heterocycles. The zero-order chi connectivity index (χ0) is 8.81. The normalized spacial score (nSPS) is 29.1. The minimum atomic E-state index is 0.249. The Balaban J connectivity index is 2.06. The van der Waals surface area contributed by atoms with E-state index in [0.717, 1.165) is 12.8 Å². The number of rotatable bonds is 5. The molecule has 1 rings (SSSR count). The van der Waals surface area contributed by atoms with Crippen molar-refractivity contribution in [2.75, 3.05) is 19.8 Å². The fraction of sp³-hybridized carbons (Fsp3) is 0.778. The largest absolute Gasteiger partial charge is 0.375 e. The lowest BCUT2D eigenvalue weighted by molar-refractivity contribution is -0.00547. The van der Waals surface area contributed by atoms with Crippen molar-refractivity contribution in [2.45, 2.75) is 25.0 Å². The van der Waals surface area contributed by atoms with Crippen LogP contribution < -0.4 is 5.73 Å². The van der Waals surface area contributed by atoms with Gasteiger partial charge in [-0.05, 0) is 12.8 Å². The van der Waals surface area contributed by atoms with E-state index in [1.807, 2.05) is 0 Å². The van der Waals surface area contributed by atoms with E-state index in [0.29, 0.717) is 19.8 Å². The van der Waals surface area contributed by atoms with E-state index in [4.69, 9.17) is 15.2 Å². The van der Waals surface area contributed by atoms with Crippen LogP contribution in [0.3, 0.4) is 0 Å². The Labute approximate surface area is 73.5 Å². The lowest BCUT2D eigenvalue weighted by Crippen LogP contribution is -2.22. The Morgan fingerprint density at radius 1 is 1.50 bits per heavy atom. The molecule has 0 aromatic rings. The molecule has 0 spiro atoms. The van der Waals surface area contributed by atoms with Crippen LogP contribution in [-0.2, 0) is 9.47 Å². The summed E-state index contributed by atoms with van der Waals surface area (Å²) in [6.07, 6.45) is 4.38. The van der Waals surface area contributed by atoms with Gasteiger partial charge in [0.05, 0.1) is 25.4 Å². The Morgan fingerprint density at radius 2 is 2.25 bits per heavy atom. The quantitative estimate of drug-likeness (QED) is 0.489. The smallest absolute Gasteiger partial charge is 0.0814 e. The fourth-order valence-corrected chi connectivity index (χ4v) is 1.36. The lowest BCUT2D eigenvalue weighted by atomic mass is 10.2. The van der Waals surface area contributed by atoms with Crippen LogP contribution in [-0.4, -0.2) is 32.0 Å². The van der Waals surface area contributed by atoms with Crippen molar-refractivity contribution in [3.63, 3.8) is 0 Å². The summed E-state index contributed by atoms with van der Waals surface area (Å²) in [5, 5.41) is 0. The van der Waals surface area contributed by atoms with Gasteiger partial charge >= 0.3 is 0 Å². The van der Waals surface area contributed by atoms with Crippen LogP contribution in [0.25, 0.3) is 0 Å². The highest BCUT2D eigenvalue weighted by Crippen LogP contribution is 2.18. The Bertz CT molecular complexity index is 138. The molecule has 0 bridgehead atoms. The minimum Gasteiger partial charge on any atom is -0.375 e. The number of nitrogens with two attached hydrogens (primary N) is 1. The summed E-state index contributed by atoms with van der Waals surface area (Å²) in [5.74, 6) is 0. The minimum absolute atomic E-state index is 0.249. The zero-order valence-corrected chi connectivity index (χ0v) is 7.37. The number of hydrogen-bond acceptors (Lipinski definition) is 3. The van der Waals surface area contributed by atoms with Gasteiger partial charge in [0, 0.05) is 6.54 Å². The van der Waals surface area contributed by atoms with Crippen molar-refractivity contribution in [1.82, 2.24) is 0 Å². The molecule has 1 fully saturated rings. The van der Waals surface area contributed by atoms with Crippen molar-refractivity contribution in [3.8, 4) is 0 Å². The maximum atomic E-state index is 5.57. The summed E-state index contributed by atoms with van der Waals surface area (Å²) < 4.78 is 10.8. The van der Waals surface area contributed by atoms with Gasteiger partial charge in [0.15, 0.2) is 0 Å². The highest BCUT2D eigenvalue weighted by Gasteiger charge is 2.23. The van der Waals surface area contributed by atoms with Crippen molar-refractivity contribution < 1.29 is 9.47 Å². The Morgan fingerprint density at radius 3 is 2.83 bits per heavy atom. The predicted octanol–water partition coefficient (Wildman–Crippen LogP) is 0.695. The van der Waals surface area contributed by atoms with Crippen molar-refractivity contribution in [3.05, 3.63) is 12.7 Å². The van der Waals surface area contributed by atoms with Gasteiger partial charge in [-0.25, -0.2) is 0 Å². The van der Waals surface area contributed by atoms with Gasteiger partial charge in [-0.2, -0.15) is 0 Å². The van der Waals surface area contributed by atoms with Crippen molar-refractivity contribution >= 4 is 0 Å². The lowest BCUT2D eigenvalue weighted by Gasteiger charge is -2.11. The highest BCUT2D eigenvalue weighted by atomic mass is 16.5. The standard InChI is InChI=1S/C9H17NO2/c1-2-5-11-7-9-4-3-8(6-10)12-9/h2,8-9H,1,3-7,10H2. The van der Waals surface area contributed by atoms with Crippen molar-refractivity contribution in [2.24, 2.45) is 5.73 Å². The molecule has 3 heteroatoms. The van der Waals surface area contributed by atoms with Gasteiger partial charge in [-0.1, -0.05) is 6.08 Å². The molecule has 70 valence electrons. The summed E-state index contributed by atoms with van der Waals surface area (Å²) >= 11 is 0. The second-order valence-corrected chi connectivity index (χ2v) is 3.02. The first-order valence-electron chi connectivity index (χ1n) is 4.41. The molecule has 2 unspecified atom stereocenters. The van der Waals surface area contributed by atoms with Gasteiger partial charge in [0.1, 0.15) is 0 Å². The summed E-state index contributed by atoms with van der Waals surface area (Å²) in [4.78, 5) is 0. The van der Waals surface area contributed by atoms with Crippen LogP contribution >= 0.6 is 0 Å². The van der Waals surface area contributed by atoms with Crippen LogP contribution in [0.4, 0.5) is 0 Å². The third kappa shape index (κ3) is 2.93. The Kier molecular flexibility index (Phi) is 4.29. The maximum absolute atomic E-state index is 5.57. The molecule has 1 heterocycles. The van der Waals surface area contributed by atoms with Crippen LogP contribution in [0.1, 0.15) is 12.8 Å². The second kappa shape index (κ2) is 5.30. The average molecular weight is 171 g/mol.